The summed E-state index contributed by atoms with van der Waals surface area (Å²) in [5.74, 6) is 0.873. The Morgan fingerprint density at radius 2 is 2.00 bits per heavy atom. The van der Waals surface area contributed by atoms with Crippen LogP contribution in [0.4, 0.5) is 4.79 Å². The third kappa shape index (κ3) is 4.08. The summed E-state index contributed by atoms with van der Waals surface area (Å²) < 4.78 is 7.30. The van der Waals surface area contributed by atoms with Gasteiger partial charge in [-0.3, -0.25) is 9.58 Å². The van der Waals surface area contributed by atoms with Crippen molar-refractivity contribution in [1.82, 2.24) is 24.9 Å². The maximum Gasteiger partial charge on any atom is 0.317 e. The van der Waals surface area contributed by atoms with E-state index < -0.39 is 0 Å². The van der Waals surface area contributed by atoms with Gasteiger partial charge in [0.2, 0.25) is 0 Å². The van der Waals surface area contributed by atoms with E-state index >= 15 is 0 Å². The molecule has 3 heterocycles. The number of nitrogens with zero attached hydrogens (tertiary/aromatic N) is 4. The second-order valence-corrected chi connectivity index (χ2v) is 7.32. The number of nitrogens with one attached hydrogen (secondary N) is 1. The van der Waals surface area contributed by atoms with Crippen LogP contribution >= 0.6 is 0 Å². The largest absolute Gasteiger partial charge is 0.497 e. The lowest BCUT2D eigenvalue weighted by Crippen LogP contribution is -2.45. The number of ether oxygens (including phenoxy) is 1. The zero-order valence-corrected chi connectivity index (χ0v) is 15.8. The summed E-state index contributed by atoms with van der Waals surface area (Å²) in [5.41, 5.74) is 2.44. The van der Waals surface area contributed by atoms with Crippen LogP contribution in [0.25, 0.3) is 0 Å². The van der Waals surface area contributed by atoms with Gasteiger partial charge in [-0.2, -0.15) is 5.10 Å². The van der Waals surface area contributed by atoms with Crippen LogP contribution in [0.5, 0.6) is 5.75 Å². The van der Waals surface area contributed by atoms with E-state index in [-0.39, 0.29) is 12.1 Å². The predicted molar refractivity (Wildman–Crippen MR) is 103 cm³/mol. The lowest BCUT2D eigenvalue weighted by Gasteiger charge is -2.34. The van der Waals surface area contributed by atoms with Crippen molar-refractivity contribution in [1.29, 1.82) is 0 Å². The highest BCUT2D eigenvalue weighted by Crippen LogP contribution is 2.22. The average molecular weight is 369 g/mol. The van der Waals surface area contributed by atoms with Crippen molar-refractivity contribution < 1.29 is 9.53 Å². The summed E-state index contributed by atoms with van der Waals surface area (Å²) in [4.78, 5) is 16.6. The van der Waals surface area contributed by atoms with Crippen molar-refractivity contribution in [3.05, 3.63) is 47.8 Å². The van der Waals surface area contributed by atoms with Crippen molar-refractivity contribution in [2.75, 3.05) is 33.3 Å². The van der Waals surface area contributed by atoms with Crippen LogP contribution in [0, 0.1) is 0 Å². The van der Waals surface area contributed by atoms with Crippen LogP contribution in [0.3, 0.4) is 0 Å². The topological polar surface area (TPSA) is 62.6 Å². The van der Waals surface area contributed by atoms with Gasteiger partial charge >= 0.3 is 6.03 Å². The molecule has 0 radical (unpaired) electrons. The molecule has 1 N–H and O–H groups in total. The van der Waals surface area contributed by atoms with E-state index in [2.05, 4.69) is 38.2 Å². The van der Waals surface area contributed by atoms with Gasteiger partial charge in [0, 0.05) is 45.5 Å². The number of fused-ring (bicyclic) bond motifs is 1. The number of hydrogen-bond acceptors (Lipinski definition) is 4. The monoisotopic (exact) mass is 369 g/mol. The predicted octanol–water partition coefficient (Wildman–Crippen LogP) is 2.25. The van der Waals surface area contributed by atoms with Gasteiger partial charge in [-0.15, -0.1) is 0 Å². The number of benzene rings is 1. The summed E-state index contributed by atoms with van der Waals surface area (Å²) in [6.45, 7) is 4.93. The fraction of sp³-hybridized carbons (Fsp3) is 0.500. The molecule has 144 valence electrons. The highest BCUT2D eigenvalue weighted by atomic mass is 16.5. The maximum absolute atomic E-state index is 12.3. The first-order valence-corrected chi connectivity index (χ1v) is 9.63. The molecule has 0 saturated carbocycles. The van der Waals surface area contributed by atoms with Crippen molar-refractivity contribution >= 4 is 6.03 Å². The van der Waals surface area contributed by atoms with E-state index in [9.17, 15) is 4.79 Å². The molecule has 1 saturated heterocycles. The fourth-order valence-electron chi connectivity index (χ4n) is 3.96. The van der Waals surface area contributed by atoms with Crippen molar-refractivity contribution in [3.63, 3.8) is 0 Å². The molecule has 2 aliphatic heterocycles. The highest BCUT2D eigenvalue weighted by Gasteiger charge is 2.27. The molecule has 0 aliphatic carbocycles. The molecule has 7 heteroatoms. The van der Waals surface area contributed by atoms with E-state index in [1.807, 2.05) is 23.2 Å². The van der Waals surface area contributed by atoms with E-state index in [4.69, 9.17) is 4.74 Å². The van der Waals surface area contributed by atoms with Crippen LogP contribution in [0.1, 0.15) is 30.1 Å². The summed E-state index contributed by atoms with van der Waals surface area (Å²) in [5, 5.41) is 7.59. The maximum atomic E-state index is 12.3. The first-order chi connectivity index (χ1) is 13.2. The Hall–Kier alpha value is -2.54. The molecular weight excluding hydrogens is 342 g/mol. The van der Waals surface area contributed by atoms with Crippen LogP contribution < -0.4 is 10.1 Å². The molecule has 2 aromatic rings. The molecule has 1 fully saturated rings. The Labute approximate surface area is 159 Å². The number of methoxy groups -OCH3 is 1. The Bertz CT molecular complexity index is 767. The minimum absolute atomic E-state index is 0.0495. The summed E-state index contributed by atoms with van der Waals surface area (Å²) in [7, 11) is 1.68. The molecule has 1 aromatic carbocycles. The summed E-state index contributed by atoms with van der Waals surface area (Å²) >= 11 is 0. The molecule has 2 aliphatic rings. The Morgan fingerprint density at radius 1 is 1.22 bits per heavy atom. The third-order valence-electron chi connectivity index (χ3n) is 5.40. The molecule has 0 unspecified atom stereocenters. The zero-order valence-electron chi connectivity index (χ0n) is 15.8. The lowest BCUT2D eigenvalue weighted by molar-refractivity contribution is 0.161. The molecule has 7 nitrogen and oxygen atoms in total. The zero-order chi connectivity index (χ0) is 18.6. The molecule has 4 rings (SSSR count). The van der Waals surface area contributed by atoms with E-state index in [1.54, 1.807) is 7.11 Å². The van der Waals surface area contributed by atoms with Gasteiger partial charge in [-0.25, -0.2) is 4.79 Å². The number of carbonyl (C=O) groups excluding carboxylic acids is 1. The number of amides is 2. The number of likely N-dealkylation sites (tertiary alicyclic amines) is 1. The van der Waals surface area contributed by atoms with Gasteiger partial charge in [0.25, 0.3) is 0 Å². The minimum Gasteiger partial charge on any atom is -0.497 e. The summed E-state index contributed by atoms with van der Waals surface area (Å²) in [6, 6.07) is 10.5. The normalized spacial score (nSPS) is 19.7. The lowest BCUT2D eigenvalue weighted by atomic mass is 10.1. The van der Waals surface area contributed by atoms with E-state index in [0.717, 1.165) is 51.3 Å². The van der Waals surface area contributed by atoms with Crippen LogP contribution in [0.15, 0.2) is 36.5 Å². The van der Waals surface area contributed by atoms with Crippen LogP contribution in [-0.2, 0) is 13.1 Å². The minimum atomic E-state index is 0.0495. The standard InChI is InChI=1S/C20H27N5O2/c1-27-19-6-4-16(5-7-19)13-23-14-17-8-9-22-25(17)18(15-23)12-21-20(26)24-10-2-3-11-24/h4-9,18H,2-3,10-15H2,1H3,(H,21,26)/t18-/m0/s1. The van der Waals surface area contributed by atoms with Crippen LogP contribution in [0.2, 0.25) is 0 Å². The van der Waals surface area contributed by atoms with Gasteiger partial charge in [-0.05, 0) is 36.6 Å². The number of hydrogen-bond donors (Lipinski definition) is 1. The quantitative estimate of drug-likeness (QED) is 0.878. The molecule has 1 aromatic heterocycles. The first-order valence-electron chi connectivity index (χ1n) is 9.63. The first kappa shape index (κ1) is 17.9. The summed E-state index contributed by atoms with van der Waals surface area (Å²) in [6.07, 6.45) is 4.06. The molecule has 1 atom stereocenters. The Kier molecular flexibility index (Phi) is 5.29. The van der Waals surface area contributed by atoms with Crippen molar-refractivity contribution in [2.45, 2.75) is 32.0 Å². The molecule has 0 bridgehead atoms. The fourth-order valence-corrected chi connectivity index (χ4v) is 3.96. The highest BCUT2D eigenvalue weighted by molar-refractivity contribution is 5.74. The van der Waals surface area contributed by atoms with E-state index in [0.29, 0.717) is 6.54 Å². The smallest absolute Gasteiger partial charge is 0.317 e. The number of carbonyl (C=O) groups is 1. The second-order valence-electron chi connectivity index (χ2n) is 7.32. The van der Waals surface area contributed by atoms with Gasteiger partial charge in [-0.1, -0.05) is 12.1 Å². The Balaban J connectivity index is 1.39. The average Bonchev–Trinajstić information content (AvgIpc) is 3.38. The van der Waals surface area contributed by atoms with Crippen molar-refractivity contribution in [3.8, 4) is 5.75 Å². The third-order valence-corrected chi connectivity index (χ3v) is 5.40. The molecular formula is C20H27N5O2. The van der Waals surface area contributed by atoms with Gasteiger partial charge in [0.05, 0.1) is 18.8 Å². The second kappa shape index (κ2) is 8.00. The number of rotatable bonds is 5. The van der Waals surface area contributed by atoms with Gasteiger partial charge in [0.1, 0.15) is 5.75 Å². The Morgan fingerprint density at radius 3 is 2.74 bits per heavy atom. The number of urea groups is 1. The van der Waals surface area contributed by atoms with Gasteiger partial charge < -0.3 is 15.0 Å². The molecule has 0 spiro atoms. The van der Waals surface area contributed by atoms with Gasteiger partial charge in [0.15, 0.2) is 0 Å². The molecule has 2 amide bonds. The van der Waals surface area contributed by atoms with Crippen molar-refractivity contribution in [2.24, 2.45) is 0 Å². The van der Waals surface area contributed by atoms with E-state index in [1.165, 1.54) is 11.3 Å². The van der Waals surface area contributed by atoms with Crippen LogP contribution in [-0.4, -0.2) is 58.9 Å². The number of aromatic nitrogens is 2. The SMILES string of the molecule is COc1ccc(CN2Cc3ccnn3[C@@H](CNC(=O)N3CCCC3)C2)cc1. The molecule has 27 heavy (non-hydrogen) atoms.